The molecule has 0 fully saturated rings. The molecule has 1 amide bonds. The maximum absolute atomic E-state index is 13.4. The summed E-state index contributed by atoms with van der Waals surface area (Å²) in [5.41, 5.74) is 3.25. The van der Waals surface area contributed by atoms with E-state index in [1.807, 2.05) is 39.0 Å². The minimum Gasteiger partial charge on any atom is -0.491 e. The van der Waals surface area contributed by atoms with Gasteiger partial charge in [0.2, 0.25) is 5.91 Å². The van der Waals surface area contributed by atoms with Gasteiger partial charge in [0.25, 0.3) is 10.0 Å². The van der Waals surface area contributed by atoms with Gasteiger partial charge in [0.15, 0.2) is 0 Å². The van der Waals surface area contributed by atoms with Crippen molar-refractivity contribution in [3.63, 3.8) is 0 Å². The summed E-state index contributed by atoms with van der Waals surface area (Å²) in [4.78, 5) is 12.8. The van der Waals surface area contributed by atoms with Crippen LogP contribution in [0.15, 0.2) is 71.6 Å². The number of hydrogen-bond donors (Lipinski definition) is 1. The Bertz CT molecular complexity index is 1230. The van der Waals surface area contributed by atoms with Gasteiger partial charge in [-0.15, -0.1) is 0 Å². The van der Waals surface area contributed by atoms with E-state index in [2.05, 4.69) is 5.32 Å². The molecule has 0 heterocycles. The number of nitrogens with one attached hydrogen (secondary N) is 1. The van der Waals surface area contributed by atoms with Gasteiger partial charge < -0.3 is 10.1 Å². The van der Waals surface area contributed by atoms with Crippen LogP contribution < -0.4 is 14.4 Å². The SMILES string of the molecule is Cc1ccc(S(=O)(=O)N(CC(=O)NCCOc2cc(C)ccc2C)c2ccccc2Cl)cc1. The van der Waals surface area contributed by atoms with Crippen molar-refractivity contribution in [2.75, 3.05) is 24.0 Å². The van der Waals surface area contributed by atoms with Crippen LogP contribution in [0.1, 0.15) is 16.7 Å². The van der Waals surface area contributed by atoms with Gasteiger partial charge in [-0.05, 0) is 62.2 Å². The van der Waals surface area contributed by atoms with Crippen LogP contribution >= 0.6 is 11.6 Å². The third-order valence-corrected chi connectivity index (χ3v) is 7.14. The number of nitrogens with zero attached hydrogens (tertiary/aromatic N) is 1. The Labute approximate surface area is 200 Å². The van der Waals surface area contributed by atoms with Gasteiger partial charge in [-0.1, -0.05) is 53.6 Å². The van der Waals surface area contributed by atoms with E-state index in [0.717, 1.165) is 26.7 Å². The van der Waals surface area contributed by atoms with E-state index in [4.69, 9.17) is 16.3 Å². The lowest BCUT2D eigenvalue weighted by atomic mass is 10.1. The van der Waals surface area contributed by atoms with Crippen LogP contribution in [0.2, 0.25) is 5.02 Å². The van der Waals surface area contributed by atoms with Crippen LogP contribution in [-0.4, -0.2) is 34.0 Å². The van der Waals surface area contributed by atoms with Crippen molar-refractivity contribution in [1.82, 2.24) is 5.32 Å². The number of ether oxygens (including phenoxy) is 1. The standard InChI is InChI=1S/C25H27ClN2O4S/c1-18-9-12-21(13-10-18)33(30,31)28(23-7-5-4-6-22(23)26)17-25(29)27-14-15-32-24-16-19(2)8-11-20(24)3/h4-13,16H,14-15,17H2,1-3H3,(H,27,29). The summed E-state index contributed by atoms with van der Waals surface area (Å²) in [6.45, 7) is 5.87. The highest BCUT2D eigenvalue weighted by molar-refractivity contribution is 7.92. The molecule has 0 aliphatic heterocycles. The average Bonchev–Trinajstić information content (AvgIpc) is 2.78. The number of carbonyl (C=O) groups is 1. The van der Waals surface area contributed by atoms with Gasteiger partial charge in [0.1, 0.15) is 18.9 Å². The second-order valence-electron chi connectivity index (χ2n) is 7.74. The van der Waals surface area contributed by atoms with E-state index < -0.39 is 22.5 Å². The van der Waals surface area contributed by atoms with Crippen LogP contribution in [0.25, 0.3) is 0 Å². The zero-order valence-electron chi connectivity index (χ0n) is 18.8. The zero-order chi connectivity index (χ0) is 24.0. The first-order chi connectivity index (χ1) is 15.7. The lowest BCUT2D eigenvalue weighted by molar-refractivity contribution is -0.119. The lowest BCUT2D eigenvalue weighted by Crippen LogP contribution is -2.42. The Hall–Kier alpha value is -3.03. The minimum atomic E-state index is -4.02. The van der Waals surface area contributed by atoms with E-state index in [9.17, 15) is 13.2 Å². The molecule has 0 aliphatic carbocycles. The van der Waals surface area contributed by atoms with Gasteiger partial charge in [-0.3, -0.25) is 9.10 Å². The molecule has 0 spiro atoms. The predicted molar refractivity (Wildman–Crippen MR) is 132 cm³/mol. The molecule has 33 heavy (non-hydrogen) atoms. The Kier molecular flexibility index (Phi) is 8.00. The number of amides is 1. The molecule has 1 N–H and O–H groups in total. The van der Waals surface area contributed by atoms with Crippen LogP contribution in [-0.2, 0) is 14.8 Å². The molecule has 174 valence electrons. The summed E-state index contributed by atoms with van der Waals surface area (Å²) in [5, 5.41) is 2.96. The van der Waals surface area contributed by atoms with Crippen LogP contribution in [0.5, 0.6) is 5.75 Å². The Balaban J connectivity index is 1.72. The highest BCUT2D eigenvalue weighted by Gasteiger charge is 2.28. The molecule has 0 saturated heterocycles. The number of aryl methyl sites for hydroxylation is 3. The number of halogens is 1. The maximum Gasteiger partial charge on any atom is 0.264 e. The summed E-state index contributed by atoms with van der Waals surface area (Å²) in [7, 11) is -4.02. The summed E-state index contributed by atoms with van der Waals surface area (Å²) < 4.78 is 33.5. The second kappa shape index (κ2) is 10.7. The monoisotopic (exact) mass is 486 g/mol. The third-order valence-electron chi connectivity index (χ3n) is 5.04. The van der Waals surface area contributed by atoms with Crippen LogP contribution in [0, 0.1) is 20.8 Å². The number of sulfonamides is 1. The lowest BCUT2D eigenvalue weighted by Gasteiger charge is -2.25. The second-order valence-corrected chi connectivity index (χ2v) is 10.0. The van der Waals surface area contributed by atoms with E-state index in [0.29, 0.717) is 0 Å². The van der Waals surface area contributed by atoms with Crippen molar-refractivity contribution in [1.29, 1.82) is 0 Å². The number of hydrogen-bond acceptors (Lipinski definition) is 4. The first-order valence-corrected chi connectivity index (χ1v) is 12.3. The first kappa shape index (κ1) is 24.6. The fraction of sp³-hybridized carbons (Fsp3) is 0.240. The number of carbonyl (C=O) groups excluding carboxylic acids is 1. The number of anilines is 1. The zero-order valence-corrected chi connectivity index (χ0v) is 20.4. The molecule has 3 aromatic carbocycles. The van der Waals surface area contributed by atoms with E-state index in [1.54, 1.807) is 36.4 Å². The highest BCUT2D eigenvalue weighted by Crippen LogP contribution is 2.30. The van der Waals surface area contributed by atoms with Crippen molar-refractivity contribution in [3.05, 3.63) is 88.4 Å². The van der Waals surface area contributed by atoms with Gasteiger partial charge >= 0.3 is 0 Å². The van der Waals surface area contributed by atoms with Crippen molar-refractivity contribution in [2.45, 2.75) is 25.7 Å². The van der Waals surface area contributed by atoms with Gasteiger partial charge in [-0.2, -0.15) is 0 Å². The minimum absolute atomic E-state index is 0.0825. The summed E-state index contributed by atoms with van der Waals surface area (Å²) in [6, 6.07) is 18.9. The van der Waals surface area contributed by atoms with Crippen molar-refractivity contribution in [3.8, 4) is 5.75 Å². The van der Waals surface area contributed by atoms with Gasteiger partial charge in [0, 0.05) is 0 Å². The Morgan fingerprint density at radius 2 is 1.64 bits per heavy atom. The smallest absolute Gasteiger partial charge is 0.264 e. The summed E-state index contributed by atoms with van der Waals surface area (Å²) in [5.74, 6) is 0.291. The molecular formula is C25H27ClN2O4S. The number of para-hydroxylation sites is 1. The quantitative estimate of drug-likeness (QED) is 0.446. The molecule has 0 radical (unpaired) electrons. The first-order valence-electron chi connectivity index (χ1n) is 10.5. The molecule has 0 saturated carbocycles. The maximum atomic E-state index is 13.4. The van der Waals surface area contributed by atoms with Crippen molar-refractivity contribution < 1.29 is 17.9 Å². The Morgan fingerprint density at radius 1 is 0.970 bits per heavy atom. The molecule has 0 unspecified atom stereocenters. The molecule has 0 atom stereocenters. The molecule has 3 aromatic rings. The fourth-order valence-corrected chi connectivity index (χ4v) is 4.92. The fourth-order valence-electron chi connectivity index (χ4n) is 3.19. The van der Waals surface area contributed by atoms with E-state index >= 15 is 0 Å². The highest BCUT2D eigenvalue weighted by atomic mass is 35.5. The van der Waals surface area contributed by atoms with Crippen molar-refractivity contribution >= 4 is 33.2 Å². The molecule has 6 nitrogen and oxygen atoms in total. The molecule has 0 aliphatic rings. The number of rotatable bonds is 9. The van der Waals surface area contributed by atoms with Crippen molar-refractivity contribution in [2.24, 2.45) is 0 Å². The van der Waals surface area contributed by atoms with E-state index in [1.165, 1.54) is 12.1 Å². The third kappa shape index (κ3) is 6.27. The Morgan fingerprint density at radius 3 is 2.33 bits per heavy atom. The summed E-state index contributed by atoms with van der Waals surface area (Å²) in [6.07, 6.45) is 0. The largest absolute Gasteiger partial charge is 0.491 e. The summed E-state index contributed by atoms with van der Waals surface area (Å²) >= 11 is 6.29. The molecule has 3 rings (SSSR count). The molecule has 0 bridgehead atoms. The molecule has 0 aromatic heterocycles. The molecular weight excluding hydrogens is 460 g/mol. The van der Waals surface area contributed by atoms with Crippen LogP contribution in [0.4, 0.5) is 5.69 Å². The predicted octanol–water partition coefficient (Wildman–Crippen LogP) is 4.66. The van der Waals surface area contributed by atoms with Gasteiger partial charge in [0.05, 0.1) is 22.2 Å². The number of benzene rings is 3. The topological polar surface area (TPSA) is 75.7 Å². The van der Waals surface area contributed by atoms with Crippen LogP contribution in [0.3, 0.4) is 0 Å². The van der Waals surface area contributed by atoms with E-state index in [-0.39, 0.29) is 28.8 Å². The average molecular weight is 487 g/mol. The molecule has 8 heteroatoms. The normalized spacial score (nSPS) is 11.2. The van der Waals surface area contributed by atoms with Gasteiger partial charge in [-0.25, -0.2) is 8.42 Å².